The first kappa shape index (κ1) is 8.99. The molecule has 0 radical (unpaired) electrons. The van der Waals surface area contributed by atoms with Crippen LogP contribution in [0.25, 0.3) is 0 Å². The summed E-state index contributed by atoms with van der Waals surface area (Å²) in [4.78, 5) is 22.5. The molecule has 0 atom stereocenters. The van der Waals surface area contributed by atoms with Gasteiger partial charge in [-0.05, 0) is 5.92 Å². The first-order valence-corrected chi connectivity index (χ1v) is 3.80. The Hall–Kier alpha value is -1.10. The van der Waals surface area contributed by atoms with E-state index in [-0.39, 0.29) is 24.8 Å². The van der Waals surface area contributed by atoms with E-state index in [1.165, 1.54) is 0 Å². The van der Waals surface area contributed by atoms with E-state index in [9.17, 15) is 9.59 Å². The number of hydrogen-bond acceptors (Lipinski definition) is 3. The Kier molecular flexibility index (Phi) is 2.65. The predicted molar refractivity (Wildman–Crippen MR) is 41.4 cm³/mol. The van der Waals surface area contributed by atoms with Gasteiger partial charge in [0.1, 0.15) is 0 Å². The van der Waals surface area contributed by atoms with Crippen molar-refractivity contribution in [2.24, 2.45) is 11.7 Å². The van der Waals surface area contributed by atoms with Gasteiger partial charge in [-0.3, -0.25) is 14.5 Å². The molecule has 0 spiro atoms. The van der Waals surface area contributed by atoms with Gasteiger partial charge in [0.15, 0.2) is 0 Å². The number of nitrogens with two attached hydrogens (primary N) is 1. The van der Waals surface area contributed by atoms with Crippen LogP contribution in [0, 0.1) is 5.92 Å². The van der Waals surface area contributed by atoms with E-state index >= 15 is 0 Å². The van der Waals surface area contributed by atoms with Gasteiger partial charge in [0.25, 0.3) is 0 Å². The normalized spacial score (nSPS) is 18.7. The van der Waals surface area contributed by atoms with E-state index in [4.69, 9.17) is 10.8 Å². The summed E-state index contributed by atoms with van der Waals surface area (Å²) in [5, 5.41) is 8.41. The maximum absolute atomic E-state index is 10.4. The molecule has 1 amide bonds. The smallest absolute Gasteiger partial charge is 0.303 e. The highest BCUT2D eigenvalue weighted by Crippen LogP contribution is 2.17. The third kappa shape index (κ3) is 2.50. The second-order valence-corrected chi connectivity index (χ2v) is 3.12. The van der Waals surface area contributed by atoms with E-state index in [1.807, 2.05) is 4.90 Å². The Bertz CT molecular complexity index is 179. The molecular weight excluding hydrogens is 160 g/mol. The summed E-state index contributed by atoms with van der Waals surface area (Å²) in [6, 6.07) is 0. The lowest BCUT2D eigenvalue weighted by atomic mass is 9.96. The largest absolute Gasteiger partial charge is 0.481 e. The van der Waals surface area contributed by atoms with Crippen LogP contribution in [-0.2, 0) is 9.59 Å². The Morgan fingerprint density at radius 1 is 1.50 bits per heavy atom. The minimum atomic E-state index is -0.779. The fourth-order valence-electron chi connectivity index (χ4n) is 1.40. The molecule has 5 heteroatoms. The first-order chi connectivity index (χ1) is 5.58. The monoisotopic (exact) mass is 172 g/mol. The molecule has 0 aromatic carbocycles. The minimum absolute atomic E-state index is 0.190. The number of carbonyl (C=O) groups excluding carboxylic acids is 1. The maximum atomic E-state index is 10.4. The van der Waals surface area contributed by atoms with Crippen molar-refractivity contribution >= 4 is 11.9 Å². The molecule has 68 valence electrons. The molecule has 1 fully saturated rings. The number of likely N-dealkylation sites (tertiary alicyclic amines) is 1. The quantitative estimate of drug-likeness (QED) is 0.562. The summed E-state index contributed by atoms with van der Waals surface area (Å²) in [5.41, 5.74) is 4.95. The van der Waals surface area contributed by atoms with Crippen LogP contribution in [0.3, 0.4) is 0 Å². The predicted octanol–water partition coefficient (Wildman–Crippen LogP) is -1.12. The lowest BCUT2D eigenvalue weighted by molar-refractivity contribution is -0.139. The lowest BCUT2D eigenvalue weighted by Gasteiger charge is -2.37. The number of primary amides is 1. The maximum Gasteiger partial charge on any atom is 0.303 e. The zero-order valence-electron chi connectivity index (χ0n) is 6.69. The summed E-state index contributed by atoms with van der Waals surface area (Å²) in [6.07, 6.45) is 0.190. The van der Waals surface area contributed by atoms with Gasteiger partial charge < -0.3 is 10.8 Å². The van der Waals surface area contributed by atoms with E-state index in [0.717, 1.165) is 0 Å². The SMILES string of the molecule is NC(=O)CN1CC(CC(=O)O)C1. The third-order valence-corrected chi connectivity index (χ3v) is 1.88. The van der Waals surface area contributed by atoms with Crippen molar-refractivity contribution in [3.63, 3.8) is 0 Å². The van der Waals surface area contributed by atoms with Crippen LogP contribution >= 0.6 is 0 Å². The van der Waals surface area contributed by atoms with Crippen molar-refractivity contribution in [3.8, 4) is 0 Å². The number of carboxylic acid groups (broad SMARTS) is 1. The number of aliphatic carboxylic acids is 1. The van der Waals surface area contributed by atoms with Crippen molar-refractivity contribution in [2.45, 2.75) is 6.42 Å². The fourth-order valence-corrected chi connectivity index (χ4v) is 1.40. The van der Waals surface area contributed by atoms with Crippen LogP contribution in [0.5, 0.6) is 0 Å². The molecule has 1 rings (SSSR count). The molecule has 0 saturated carbocycles. The van der Waals surface area contributed by atoms with Crippen LogP contribution in [0.4, 0.5) is 0 Å². The molecule has 1 heterocycles. The molecular formula is C7H12N2O3. The number of carbonyl (C=O) groups is 2. The number of rotatable bonds is 4. The summed E-state index contributed by atoms with van der Waals surface area (Å²) in [6.45, 7) is 1.60. The summed E-state index contributed by atoms with van der Waals surface area (Å²) in [5.74, 6) is -0.940. The number of nitrogens with zero attached hydrogens (tertiary/aromatic N) is 1. The van der Waals surface area contributed by atoms with Crippen molar-refractivity contribution in [1.82, 2.24) is 4.90 Å². The van der Waals surface area contributed by atoms with Crippen LogP contribution in [-0.4, -0.2) is 41.5 Å². The van der Waals surface area contributed by atoms with Crippen molar-refractivity contribution in [2.75, 3.05) is 19.6 Å². The topological polar surface area (TPSA) is 83.6 Å². The second-order valence-electron chi connectivity index (χ2n) is 3.12. The molecule has 3 N–H and O–H groups in total. The highest BCUT2D eigenvalue weighted by molar-refractivity contribution is 5.76. The summed E-state index contributed by atoms with van der Waals surface area (Å²) in [7, 11) is 0. The number of carboxylic acids is 1. The van der Waals surface area contributed by atoms with E-state index in [0.29, 0.717) is 13.1 Å². The molecule has 1 saturated heterocycles. The molecule has 0 bridgehead atoms. The average molecular weight is 172 g/mol. The van der Waals surface area contributed by atoms with Gasteiger partial charge >= 0.3 is 5.97 Å². The highest BCUT2D eigenvalue weighted by Gasteiger charge is 2.28. The van der Waals surface area contributed by atoms with E-state index < -0.39 is 5.97 Å². The third-order valence-electron chi connectivity index (χ3n) is 1.88. The molecule has 1 aliphatic rings. The van der Waals surface area contributed by atoms with Crippen LogP contribution < -0.4 is 5.73 Å². The van der Waals surface area contributed by atoms with Crippen LogP contribution in [0.15, 0.2) is 0 Å². The molecule has 0 unspecified atom stereocenters. The van der Waals surface area contributed by atoms with Gasteiger partial charge in [-0.25, -0.2) is 0 Å². The molecule has 0 aliphatic carbocycles. The van der Waals surface area contributed by atoms with Crippen molar-refractivity contribution in [1.29, 1.82) is 0 Å². The molecule has 1 aliphatic heterocycles. The van der Waals surface area contributed by atoms with E-state index in [1.54, 1.807) is 0 Å². The second kappa shape index (κ2) is 3.53. The highest BCUT2D eigenvalue weighted by atomic mass is 16.4. The number of hydrogen-bond donors (Lipinski definition) is 2. The van der Waals surface area contributed by atoms with Gasteiger partial charge in [-0.15, -0.1) is 0 Å². The minimum Gasteiger partial charge on any atom is -0.481 e. The average Bonchev–Trinajstić information content (AvgIpc) is 1.80. The van der Waals surface area contributed by atoms with Crippen LogP contribution in [0.1, 0.15) is 6.42 Å². The van der Waals surface area contributed by atoms with Crippen molar-refractivity contribution in [3.05, 3.63) is 0 Å². The van der Waals surface area contributed by atoms with Gasteiger partial charge in [0.05, 0.1) is 13.0 Å². The summed E-state index contributed by atoms with van der Waals surface area (Å²) < 4.78 is 0. The molecule has 0 aromatic heterocycles. The summed E-state index contributed by atoms with van der Waals surface area (Å²) >= 11 is 0. The van der Waals surface area contributed by atoms with E-state index in [2.05, 4.69) is 0 Å². The molecule has 0 aromatic rings. The fraction of sp³-hybridized carbons (Fsp3) is 0.714. The standard InChI is InChI=1S/C7H12N2O3/c8-6(10)4-9-2-5(3-9)1-7(11)12/h5H,1-4H2,(H2,8,10)(H,11,12). The first-order valence-electron chi connectivity index (χ1n) is 3.80. The molecule has 12 heavy (non-hydrogen) atoms. The van der Waals surface area contributed by atoms with Crippen molar-refractivity contribution < 1.29 is 14.7 Å². The van der Waals surface area contributed by atoms with Gasteiger partial charge in [-0.1, -0.05) is 0 Å². The lowest BCUT2D eigenvalue weighted by Crippen LogP contribution is -2.50. The molecule has 5 nitrogen and oxygen atoms in total. The van der Waals surface area contributed by atoms with Gasteiger partial charge in [-0.2, -0.15) is 0 Å². The zero-order chi connectivity index (χ0) is 9.14. The van der Waals surface area contributed by atoms with Gasteiger partial charge in [0.2, 0.25) is 5.91 Å². The Morgan fingerprint density at radius 3 is 2.50 bits per heavy atom. The van der Waals surface area contributed by atoms with Crippen LogP contribution in [0.2, 0.25) is 0 Å². The Labute approximate surface area is 70.1 Å². The Morgan fingerprint density at radius 2 is 2.08 bits per heavy atom. The van der Waals surface area contributed by atoms with Gasteiger partial charge in [0, 0.05) is 13.1 Å². The number of amides is 1. The zero-order valence-corrected chi connectivity index (χ0v) is 6.69. The Balaban J connectivity index is 2.11.